The maximum Gasteiger partial charge on any atom is 0.433 e. The summed E-state index contributed by atoms with van der Waals surface area (Å²) < 4.78 is 40.5. The molecule has 10 heteroatoms. The molecule has 136 valence electrons. The number of fused-ring (bicyclic) bond motifs is 1. The van der Waals surface area contributed by atoms with Crippen LogP contribution in [-0.4, -0.2) is 50.5 Å². The van der Waals surface area contributed by atoms with Crippen LogP contribution in [-0.2, 0) is 6.18 Å². The first-order chi connectivity index (χ1) is 12.4. The summed E-state index contributed by atoms with van der Waals surface area (Å²) in [6.45, 7) is 1.34. The van der Waals surface area contributed by atoms with E-state index in [0.29, 0.717) is 6.54 Å². The van der Waals surface area contributed by atoms with Gasteiger partial charge in [0, 0.05) is 51.1 Å². The molecule has 1 aliphatic heterocycles. The SMILES string of the molecule is CN(c1nccc(C(F)(F)F)n1)C1CCN(c2nccn3ccnc23)C1. The first-order valence-electron chi connectivity index (χ1n) is 8.09. The number of aromatic nitrogens is 5. The number of halogens is 3. The standard InChI is InChI=1S/C16H16F3N7/c1-24(15-22-4-2-12(23-15)16(17,18)19)11-3-7-26(10-11)14-13-20-5-8-25(13)9-6-21-14/h2,4-6,8-9,11H,3,7,10H2,1H3. The van der Waals surface area contributed by atoms with Crippen molar-refractivity contribution >= 4 is 17.4 Å². The van der Waals surface area contributed by atoms with Crippen molar-refractivity contribution in [1.82, 2.24) is 24.3 Å². The molecule has 3 aromatic rings. The Hall–Kier alpha value is -2.91. The molecule has 0 bridgehead atoms. The predicted octanol–water partition coefficient (Wildman–Crippen LogP) is 2.25. The van der Waals surface area contributed by atoms with Gasteiger partial charge in [0.15, 0.2) is 11.5 Å². The van der Waals surface area contributed by atoms with Crippen molar-refractivity contribution in [2.45, 2.75) is 18.6 Å². The Labute approximate surface area is 147 Å². The van der Waals surface area contributed by atoms with Gasteiger partial charge in [0.2, 0.25) is 5.95 Å². The van der Waals surface area contributed by atoms with Crippen molar-refractivity contribution in [3.63, 3.8) is 0 Å². The number of imidazole rings is 1. The molecule has 0 spiro atoms. The Bertz CT molecular complexity index is 923. The second-order valence-electron chi connectivity index (χ2n) is 6.15. The highest BCUT2D eigenvalue weighted by Crippen LogP contribution is 2.29. The van der Waals surface area contributed by atoms with Crippen molar-refractivity contribution in [2.24, 2.45) is 0 Å². The Morgan fingerprint density at radius 2 is 1.88 bits per heavy atom. The summed E-state index contributed by atoms with van der Waals surface area (Å²) in [5.41, 5.74) is -0.181. The minimum absolute atomic E-state index is 0.0181. The first-order valence-corrected chi connectivity index (χ1v) is 8.09. The quantitative estimate of drug-likeness (QED) is 0.711. The maximum atomic E-state index is 12.9. The Morgan fingerprint density at radius 3 is 2.65 bits per heavy atom. The summed E-state index contributed by atoms with van der Waals surface area (Å²) in [4.78, 5) is 20.2. The fourth-order valence-corrected chi connectivity index (χ4v) is 3.15. The molecule has 1 aliphatic rings. The molecule has 0 saturated carbocycles. The summed E-state index contributed by atoms with van der Waals surface area (Å²) in [5.74, 6) is 0.831. The molecule has 0 radical (unpaired) electrons. The molecule has 0 aromatic carbocycles. The lowest BCUT2D eigenvalue weighted by Crippen LogP contribution is -2.36. The van der Waals surface area contributed by atoms with E-state index in [1.165, 1.54) is 0 Å². The van der Waals surface area contributed by atoms with Crippen LogP contribution in [0.3, 0.4) is 0 Å². The molecule has 1 unspecified atom stereocenters. The monoisotopic (exact) mass is 363 g/mol. The zero-order chi connectivity index (χ0) is 18.3. The molecule has 4 rings (SSSR count). The zero-order valence-electron chi connectivity index (χ0n) is 13.9. The molecule has 0 amide bonds. The van der Waals surface area contributed by atoms with Crippen LogP contribution in [0.5, 0.6) is 0 Å². The highest BCUT2D eigenvalue weighted by molar-refractivity contribution is 5.64. The second kappa shape index (κ2) is 6.11. The minimum Gasteiger partial charge on any atom is -0.351 e. The Kier molecular flexibility index (Phi) is 3.89. The number of hydrogen-bond donors (Lipinski definition) is 0. The topological polar surface area (TPSA) is 62.5 Å². The van der Waals surface area contributed by atoms with E-state index in [2.05, 4.69) is 24.8 Å². The summed E-state index contributed by atoms with van der Waals surface area (Å²) >= 11 is 0. The van der Waals surface area contributed by atoms with Gasteiger partial charge in [-0.3, -0.25) is 0 Å². The third kappa shape index (κ3) is 2.91. The van der Waals surface area contributed by atoms with Crippen molar-refractivity contribution in [3.8, 4) is 0 Å². The number of anilines is 2. The van der Waals surface area contributed by atoms with Crippen molar-refractivity contribution in [3.05, 3.63) is 42.7 Å². The van der Waals surface area contributed by atoms with E-state index in [0.717, 1.165) is 36.7 Å². The predicted molar refractivity (Wildman–Crippen MR) is 89.0 cm³/mol. The smallest absolute Gasteiger partial charge is 0.351 e. The minimum atomic E-state index is -4.49. The third-order valence-corrected chi connectivity index (χ3v) is 4.55. The van der Waals surface area contributed by atoms with Crippen LogP contribution in [0, 0.1) is 0 Å². The molecule has 0 N–H and O–H groups in total. The fourth-order valence-electron chi connectivity index (χ4n) is 3.15. The van der Waals surface area contributed by atoms with Crippen LogP contribution in [0.2, 0.25) is 0 Å². The fraction of sp³-hybridized carbons (Fsp3) is 0.375. The van der Waals surface area contributed by atoms with E-state index in [4.69, 9.17) is 0 Å². The molecule has 1 saturated heterocycles. The highest BCUT2D eigenvalue weighted by atomic mass is 19.4. The van der Waals surface area contributed by atoms with Crippen LogP contribution in [0.25, 0.3) is 5.65 Å². The van der Waals surface area contributed by atoms with Gasteiger partial charge >= 0.3 is 6.18 Å². The van der Waals surface area contributed by atoms with Crippen LogP contribution in [0.4, 0.5) is 24.9 Å². The molecular weight excluding hydrogens is 347 g/mol. The van der Waals surface area contributed by atoms with Gasteiger partial charge < -0.3 is 14.2 Å². The number of rotatable bonds is 3. The van der Waals surface area contributed by atoms with Crippen LogP contribution < -0.4 is 9.80 Å². The molecule has 3 aromatic heterocycles. The third-order valence-electron chi connectivity index (χ3n) is 4.55. The lowest BCUT2D eigenvalue weighted by Gasteiger charge is -2.25. The maximum absolute atomic E-state index is 12.9. The van der Waals surface area contributed by atoms with Crippen molar-refractivity contribution < 1.29 is 13.2 Å². The van der Waals surface area contributed by atoms with Gasteiger partial charge in [0.05, 0.1) is 6.04 Å². The molecule has 7 nitrogen and oxygen atoms in total. The van der Waals surface area contributed by atoms with Gasteiger partial charge in [-0.25, -0.2) is 19.9 Å². The van der Waals surface area contributed by atoms with Crippen molar-refractivity contribution in [2.75, 3.05) is 29.9 Å². The largest absolute Gasteiger partial charge is 0.433 e. The van der Waals surface area contributed by atoms with Gasteiger partial charge in [-0.15, -0.1) is 0 Å². The van der Waals surface area contributed by atoms with E-state index in [1.54, 1.807) is 24.3 Å². The lowest BCUT2D eigenvalue weighted by molar-refractivity contribution is -0.141. The van der Waals surface area contributed by atoms with Crippen LogP contribution in [0.1, 0.15) is 12.1 Å². The number of nitrogens with zero attached hydrogens (tertiary/aromatic N) is 7. The van der Waals surface area contributed by atoms with Gasteiger partial charge in [-0.2, -0.15) is 13.2 Å². The van der Waals surface area contributed by atoms with E-state index in [-0.39, 0.29) is 12.0 Å². The van der Waals surface area contributed by atoms with Crippen molar-refractivity contribution in [1.29, 1.82) is 0 Å². The van der Waals surface area contributed by atoms with Gasteiger partial charge in [-0.05, 0) is 12.5 Å². The summed E-state index contributed by atoms with van der Waals surface area (Å²) in [6.07, 6.45) is 4.49. The number of alkyl halides is 3. The van der Waals surface area contributed by atoms with Crippen LogP contribution in [0.15, 0.2) is 37.1 Å². The summed E-state index contributed by atoms with van der Waals surface area (Å²) in [7, 11) is 1.72. The molecule has 4 heterocycles. The van der Waals surface area contributed by atoms with E-state index in [1.807, 2.05) is 16.8 Å². The normalized spacial score (nSPS) is 17.8. The van der Waals surface area contributed by atoms with E-state index in [9.17, 15) is 13.2 Å². The molecule has 26 heavy (non-hydrogen) atoms. The number of likely N-dealkylation sites (N-methyl/N-ethyl adjacent to an activating group) is 1. The Balaban J connectivity index is 1.54. The number of hydrogen-bond acceptors (Lipinski definition) is 6. The average Bonchev–Trinajstić information content (AvgIpc) is 3.29. The summed E-state index contributed by atoms with van der Waals surface area (Å²) in [5, 5.41) is 0. The first kappa shape index (κ1) is 16.6. The average molecular weight is 363 g/mol. The molecule has 1 atom stereocenters. The lowest BCUT2D eigenvalue weighted by atomic mass is 10.2. The van der Waals surface area contributed by atoms with E-state index >= 15 is 0 Å². The van der Waals surface area contributed by atoms with Gasteiger partial charge in [-0.1, -0.05) is 0 Å². The Morgan fingerprint density at radius 1 is 1.12 bits per heavy atom. The summed E-state index contributed by atoms with van der Waals surface area (Å²) in [6, 6.07) is 0.858. The van der Waals surface area contributed by atoms with Crippen LogP contribution >= 0.6 is 0 Å². The highest BCUT2D eigenvalue weighted by Gasteiger charge is 2.34. The van der Waals surface area contributed by atoms with Gasteiger partial charge in [0.1, 0.15) is 5.69 Å². The van der Waals surface area contributed by atoms with Gasteiger partial charge in [0.25, 0.3) is 0 Å². The van der Waals surface area contributed by atoms with E-state index < -0.39 is 11.9 Å². The molecule has 0 aliphatic carbocycles. The zero-order valence-corrected chi connectivity index (χ0v) is 13.9. The molecular formula is C16H16F3N7. The molecule has 1 fully saturated rings. The second-order valence-corrected chi connectivity index (χ2v) is 6.15.